The lowest BCUT2D eigenvalue weighted by molar-refractivity contribution is -0.621. The van der Waals surface area contributed by atoms with Crippen molar-refractivity contribution in [1.29, 1.82) is 0 Å². The molecule has 0 spiro atoms. The summed E-state index contributed by atoms with van der Waals surface area (Å²) in [5.41, 5.74) is 0.154. The number of nitrogens with zero attached hydrogens (tertiary/aromatic N) is 1. The molecule has 118 valence electrons. The highest BCUT2D eigenvalue weighted by Gasteiger charge is 2.27. The number of aromatic nitrogens is 3. The predicted octanol–water partition coefficient (Wildman–Crippen LogP) is 0.787. The molecule has 3 rings (SSSR count). The average Bonchev–Trinajstić information content (AvgIpc) is 2.94. The highest BCUT2D eigenvalue weighted by Crippen LogP contribution is 2.19. The quantitative estimate of drug-likeness (QED) is 0.485. The maximum Gasteiger partial charge on any atom is 0.411 e. The molecular formula is C15H13N3O5. The van der Waals surface area contributed by atoms with Crippen LogP contribution in [0.4, 0.5) is 0 Å². The Morgan fingerprint density at radius 3 is 2.83 bits per heavy atom. The van der Waals surface area contributed by atoms with E-state index < -0.39 is 23.1 Å². The van der Waals surface area contributed by atoms with E-state index in [1.165, 1.54) is 7.11 Å². The number of carboxylic acids is 1. The molecule has 3 aromatic rings. The summed E-state index contributed by atoms with van der Waals surface area (Å²) < 4.78 is 5.06. The molecule has 3 N–H and O–H groups in total. The van der Waals surface area contributed by atoms with Crippen LogP contribution in [0.3, 0.4) is 0 Å². The number of rotatable bonds is 4. The van der Waals surface area contributed by atoms with Gasteiger partial charge in [-0.1, -0.05) is 18.2 Å². The van der Waals surface area contributed by atoms with Crippen LogP contribution in [0, 0.1) is 5.21 Å². The maximum atomic E-state index is 12.3. The van der Waals surface area contributed by atoms with Crippen molar-refractivity contribution in [2.45, 2.75) is 6.42 Å². The summed E-state index contributed by atoms with van der Waals surface area (Å²) in [4.78, 5) is 28.4. The number of benzene rings is 1. The molecule has 8 nitrogen and oxygen atoms in total. The van der Waals surface area contributed by atoms with Gasteiger partial charge < -0.3 is 25.0 Å². The molecule has 8 heteroatoms. The fraction of sp³-hybridized carbons (Fsp3) is 0.133. The number of aromatic amines is 2. The zero-order valence-electron chi connectivity index (χ0n) is 12.1. The first-order chi connectivity index (χ1) is 11.0. The third-order valence-corrected chi connectivity index (χ3v) is 3.58. The number of fused-ring (bicyclic) bond motifs is 1. The minimum Gasteiger partial charge on any atom is -0.616 e. The highest BCUT2D eigenvalue weighted by atomic mass is 16.5. The second-order valence-corrected chi connectivity index (χ2v) is 4.92. The van der Waals surface area contributed by atoms with Crippen LogP contribution in [0.5, 0.6) is 5.88 Å². The molecule has 0 bridgehead atoms. The van der Waals surface area contributed by atoms with Gasteiger partial charge in [-0.15, -0.1) is 4.73 Å². The van der Waals surface area contributed by atoms with Gasteiger partial charge in [0, 0.05) is 17.1 Å². The zero-order chi connectivity index (χ0) is 16.6. The van der Waals surface area contributed by atoms with Crippen molar-refractivity contribution >= 4 is 16.9 Å². The van der Waals surface area contributed by atoms with E-state index in [0.29, 0.717) is 0 Å². The number of hydrogen-bond donors (Lipinski definition) is 3. The Balaban J connectivity index is 2.14. The standard InChI is InChI=1S/C15H13N3O5/c1-23-14-12(15(20)21)17-13(19)11(18(14)22)6-8-7-16-10-5-3-2-4-9(8)10/h2-5,7,16H,6H2,1H3,(H,17,19)(H,20,21). The molecule has 2 aromatic heterocycles. The summed E-state index contributed by atoms with van der Waals surface area (Å²) in [5.74, 6) is -1.89. The van der Waals surface area contributed by atoms with Gasteiger partial charge in [0.25, 0.3) is 5.69 Å². The molecule has 0 aliphatic heterocycles. The van der Waals surface area contributed by atoms with E-state index in [-0.39, 0.29) is 16.8 Å². The van der Waals surface area contributed by atoms with Crippen LogP contribution in [0.25, 0.3) is 10.9 Å². The molecule has 1 aromatic carbocycles. The molecule has 0 aliphatic carbocycles. The molecule has 0 atom stereocenters. The molecule has 0 aliphatic rings. The summed E-state index contributed by atoms with van der Waals surface area (Å²) in [6.45, 7) is 0. The largest absolute Gasteiger partial charge is 0.616 e. The topological polar surface area (TPSA) is 122 Å². The average molecular weight is 315 g/mol. The predicted molar refractivity (Wildman–Crippen MR) is 80.6 cm³/mol. The number of methoxy groups -OCH3 is 1. The molecule has 23 heavy (non-hydrogen) atoms. The first-order valence-corrected chi connectivity index (χ1v) is 6.74. The number of ether oxygens (including phenoxy) is 1. The van der Waals surface area contributed by atoms with Crippen LogP contribution in [0.1, 0.15) is 21.7 Å². The number of nitrogens with one attached hydrogen (secondary N) is 2. The Bertz CT molecular complexity index is 957. The van der Waals surface area contributed by atoms with Crippen LogP contribution >= 0.6 is 0 Å². The second-order valence-electron chi connectivity index (χ2n) is 4.92. The first-order valence-electron chi connectivity index (χ1n) is 6.74. The summed E-state index contributed by atoms with van der Waals surface area (Å²) >= 11 is 0. The minimum absolute atomic E-state index is 0.0408. The number of para-hydroxylation sites is 1. The van der Waals surface area contributed by atoms with Crippen LogP contribution in [0.15, 0.2) is 35.3 Å². The molecule has 0 fully saturated rings. The van der Waals surface area contributed by atoms with E-state index in [0.717, 1.165) is 16.5 Å². The summed E-state index contributed by atoms with van der Waals surface area (Å²) in [7, 11) is 1.17. The summed E-state index contributed by atoms with van der Waals surface area (Å²) in [5, 5.41) is 22.2. The number of aromatic carboxylic acids is 1. The monoisotopic (exact) mass is 315 g/mol. The van der Waals surface area contributed by atoms with E-state index in [4.69, 9.17) is 9.84 Å². The number of H-pyrrole nitrogens is 2. The lowest BCUT2D eigenvalue weighted by atomic mass is 10.1. The molecule has 0 radical (unpaired) electrons. The fourth-order valence-electron chi connectivity index (χ4n) is 2.50. The van der Waals surface area contributed by atoms with Crippen molar-refractivity contribution in [3.63, 3.8) is 0 Å². The van der Waals surface area contributed by atoms with E-state index in [9.17, 15) is 14.8 Å². The molecule has 0 saturated carbocycles. The lowest BCUT2D eigenvalue weighted by Crippen LogP contribution is -2.43. The Labute approximate surface area is 129 Å². The van der Waals surface area contributed by atoms with Crippen LogP contribution < -0.4 is 15.0 Å². The van der Waals surface area contributed by atoms with Crippen molar-refractivity contribution in [3.8, 4) is 5.88 Å². The van der Waals surface area contributed by atoms with E-state index in [2.05, 4.69) is 9.97 Å². The van der Waals surface area contributed by atoms with Crippen molar-refractivity contribution in [1.82, 2.24) is 9.97 Å². The molecule has 0 saturated heterocycles. The minimum atomic E-state index is -1.44. The number of hydrogen-bond acceptors (Lipinski definition) is 4. The van der Waals surface area contributed by atoms with Gasteiger partial charge in [0.2, 0.25) is 5.69 Å². The van der Waals surface area contributed by atoms with Crippen molar-refractivity contribution in [3.05, 3.63) is 63.0 Å². The molecule has 0 amide bonds. The van der Waals surface area contributed by atoms with Crippen molar-refractivity contribution in [2.75, 3.05) is 7.11 Å². The Morgan fingerprint density at radius 1 is 1.39 bits per heavy atom. The maximum absolute atomic E-state index is 12.3. The number of carbonyl (C=O) groups is 1. The normalized spacial score (nSPS) is 10.8. The third-order valence-electron chi connectivity index (χ3n) is 3.58. The molecule has 0 unspecified atom stereocenters. The van der Waals surface area contributed by atoms with Gasteiger partial charge in [-0.05, 0) is 11.6 Å². The third kappa shape index (κ3) is 2.39. The SMILES string of the molecule is COc1c(C(=O)O)[nH]c(=O)c(Cc2c[nH]c3ccccc23)[n+]1[O-]. The Kier molecular flexibility index (Phi) is 3.49. The molecular weight excluding hydrogens is 302 g/mol. The van der Waals surface area contributed by atoms with Crippen molar-refractivity contribution < 1.29 is 19.4 Å². The van der Waals surface area contributed by atoms with Crippen LogP contribution in [0.2, 0.25) is 0 Å². The molecule has 2 heterocycles. The van der Waals surface area contributed by atoms with Crippen molar-refractivity contribution in [2.24, 2.45) is 0 Å². The van der Waals surface area contributed by atoms with Crippen LogP contribution in [-0.2, 0) is 6.42 Å². The van der Waals surface area contributed by atoms with Gasteiger partial charge in [0.15, 0.2) is 0 Å². The summed E-state index contributed by atoms with van der Waals surface area (Å²) in [6.07, 6.45) is 1.75. The Hall–Kier alpha value is -3.29. The van der Waals surface area contributed by atoms with Gasteiger partial charge >= 0.3 is 17.4 Å². The van der Waals surface area contributed by atoms with Gasteiger partial charge in [0.05, 0.1) is 13.5 Å². The smallest absolute Gasteiger partial charge is 0.411 e. The second kappa shape index (κ2) is 5.48. The highest BCUT2D eigenvalue weighted by molar-refractivity contribution is 5.87. The van der Waals surface area contributed by atoms with E-state index in [1.807, 2.05) is 24.3 Å². The van der Waals surface area contributed by atoms with E-state index in [1.54, 1.807) is 6.20 Å². The first kappa shape index (κ1) is 14.6. The van der Waals surface area contributed by atoms with Gasteiger partial charge in [0.1, 0.15) is 0 Å². The number of carboxylic acid groups (broad SMARTS) is 1. The fourth-order valence-corrected chi connectivity index (χ4v) is 2.50. The lowest BCUT2D eigenvalue weighted by Gasteiger charge is -2.09. The van der Waals surface area contributed by atoms with Gasteiger partial charge in [-0.2, -0.15) is 0 Å². The zero-order valence-corrected chi connectivity index (χ0v) is 12.1. The Morgan fingerprint density at radius 2 is 2.13 bits per heavy atom. The van der Waals surface area contributed by atoms with Gasteiger partial charge in [-0.3, -0.25) is 4.79 Å². The van der Waals surface area contributed by atoms with E-state index >= 15 is 0 Å². The van der Waals surface area contributed by atoms with Crippen LogP contribution in [-0.4, -0.2) is 28.2 Å². The summed E-state index contributed by atoms with van der Waals surface area (Å²) in [6, 6.07) is 7.47. The van der Waals surface area contributed by atoms with Gasteiger partial charge in [-0.25, -0.2) is 4.79 Å².